The van der Waals surface area contributed by atoms with Crippen molar-refractivity contribution >= 4 is 44.4 Å². The van der Waals surface area contributed by atoms with Crippen LogP contribution in [-0.2, 0) is 4.74 Å². The predicted molar refractivity (Wildman–Crippen MR) is 111 cm³/mol. The van der Waals surface area contributed by atoms with Crippen LogP contribution in [0.1, 0.15) is 30.3 Å². The zero-order valence-corrected chi connectivity index (χ0v) is 15.8. The van der Waals surface area contributed by atoms with E-state index in [9.17, 15) is 9.59 Å². The van der Waals surface area contributed by atoms with Crippen molar-refractivity contribution in [1.82, 2.24) is 9.38 Å². The lowest BCUT2D eigenvalue weighted by molar-refractivity contribution is 0.0492. The molecule has 5 rings (SSSR count). The van der Waals surface area contributed by atoms with Gasteiger partial charge in [-0.25, -0.2) is 14.6 Å². The third-order valence-corrected chi connectivity index (χ3v) is 5.10. The number of hydrogen-bond acceptors (Lipinski definition) is 5. The van der Waals surface area contributed by atoms with Crippen molar-refractivity contribution in [2.24, 2.45) is 0 Å². The summed E-state index contributed by atoms with van der Waals surface area (Å²) < 4.78 is 12.7. The molecule has 0 aliphatic carbocycles. The van der Waals surface area contributed by atoms with Crippen LogP contribution in [-0.4, -0.2) is 22.0 Å². The van der Waals surface area contributed by atoms with E-state index in [1.165, 1.54) is 0 Å². The van der Waals surface area contributed by atoms with E-state index in [-0.39, 0.29) is 0 Å². The Bertz CT molecular complexity index is 1460. The van der Waals surface area contributed by atoms with Gasteiger partial charge in [0.05, 0.1) is 17.6 Å². The van der Waals surface area contributed by atoms with Gasteiger partial charge < -0.3 is 9.15 Å². The van der Waals surface area contributed by atoms with E-state index in [1.54, 1.807) is 22.6 Å². The van der Waals surface area contributed by atoms with Crippen LogP contribution >= 0.6 is 0 Å². The molecule has 0 N–H and O–H groups in total. The van der Waals surface area contributed by atoms with Crippen LogP contribution in [0.25, 0.3) is 38.4 Å². The molecule has 0 bridgehead atoms. The number of para-hydroxylation sites is 3. The zero-order chi connectivity index (χ0) is 20.0. The fourth-order valence-electron chi connectivity index (χ4n) is 3.71. The van der Waals surface area contributed by atoms with E-state index < -0.39 is 11.6 Å². The standard InChI is InChI=1S/C23H18N2O4/c1-2-3-12-28-22(26)18-13-15-14-8-4-7-11-19(14)29-23(27)20(15)21-24-16-9-5-6-10-17(16)25(18)21/h4-11,13H,2-3,12H2,1H3. The van der Waals surface area contributed by atoms with Crippen LogP contribution in [0.3, 0.4) is 0 Å². The number of nitrogens with zero attached hydrogens (tertiary/aromatic N) is 2. The second-order valence-corrected chi connectivity index (χ2v) is 6.95. The SMILES string of the molecule is CCCCOC(=O)c1cc2c3ccccc3oc(=O)c2c2nc3ccccc3n12. The lowest BCUT2D eigenvalue weighted by atomic mass is 10.1. The number of hydrogen-bond donors (Lipinski definition) is 0. The summed E-state index contributed by atoms with van der Waals surface area (Å²) in [7, 11) is 0. The minimum absolute atomic E-state index is 0.341. The summed E-state index contributed by atoms with van der Waals surface area (Å²) in [6.45, 7) is 2.38. The third-order valence-electron chi connectivity index (χ3n) is 5.10. The maximum Gasteiger partial charge on any atom is 0.355 e. The van der Waals surface area contributed by atoms with Gasteiger partial charge in [0.1, 0.15) is 16.7 Å². The van der Waals surface area contributed by atoms with Crippen molar-refractivity contribution in [2.75, 3.05) is 6.61 Å². The van der Waals surface area contributed by atoms with Crippen LogP contribution in [0.4, 0.5) is 0 Å². The summed E-state index contributed by atoms with van der Waals surface area (Å²) >= 11 is 0. The number of ether oxygens (including phenoxy) is 1. The topological polar surface area (TPSA) is 73.8 Å². The van der Waals surface area contributed by atoms with E-state index in [0.717, 1.165) is 23.7 Å². The normalized spacial score (nSPS) is 11.6. The van der Waals surface area contributed by atoms with Crippen molar-refractivity contribution in [3.63, 3.8) is 0 Å². The highest BCUT2D eigenvalue weighted by atomic mass is 16.5. The van der Waals surface area contributed by atoms with Gasteiger partial charge in [-0.15, -0.1) is 0 Å². The average molecular weight is 386 g/mol. The monoisotopic (exact) mass is 386 g/mol. The highest BCUT2D eigenvalue weighted by Gasteiger charge is 2.21. The second-order valence-electron chi connectivity index (χ2n) is 6.95. The molecule has 0 radical (unpaired) electrons. The Hall–Kier alpha value is -3.67. The van der Waals surface area contributed by atoms with E-state index >= 15 is 0 Å². The molecule has 6 heteroatoms. The van der Waals surface area contributed by atoms with Gasteiger partial charge in [-0.3, -0.25) is 4.40 Å². The van der Waals surface area contributed by atoms with Gasteiger partial charge >= 0.3 is 11.6 Å². The number of imidazole rings is 1. The first kappa shape index (κ1) is 17.4. The van der Waals surface area contributed by atoms with Gasteiger partial charge in [0.15, 0.2) is 5.65 Å². The number of unbranched alkanes of at least 4 members (excludes halogenated alkanes) is 1. The van der Waals surface area contributed by atoms with Crippen LogP contribution in [0, 0.1) is 0 Å². The highest BCUT2D eigenvalue weighted by molar-refractivity contribution is 6.12. The highest BCUT2D eigenvalue weighted by Crippen LogP contribution is 2.29. The molecule has 5 aromatic rings. The molecular formula is C23H18N2O4. The number of aromatic nitrogens is 2. The van der Waals surface area contributed by atoms with Crippen LogP contribution < -0.4 is 5.63 Å². The molecule has 0 aliphatic heterocycles. The number of carbonyl (C=O) groups is 1. The smallest absolute Gasteiger partial charge is 0.355 e. The fraction of sp³-hybridized carbons (Fsp3) is 0.174. The van der Waals surface area contributed by atoms with E-state index in [1.807, 2.05) is 43.3 Å². The number of fused-ring (bicyclic) bond motifs is 7. The fourth-order valence-corrected chi connectivity index (χ4v) is 3.71. The van der Waals surface area contributed by atoms with E-state index in [4.69, 9.17) is 9.15 Å². The molecule has 0 fully saturated rings. The van der Waals surface area contributed by atoms with Gasteiger partial charge in [-0.1, -0.05) is 43.7 Å². The minimum Gasteiger partial charge on any atom is -0.461 e. The third kappa shape index (κ3) is 2.68. The van der Waals surface area contributed by atoms with Crippen molar-refractivity contribution in [1.29, 1.82) is 0 Å². The summed E-state index contributed by atoms with van der Waals surface area (Å²) in [6, 6.07) is 16.4. The van der Waals surface area contributed by atoms with Gasteiger partial charge in [0.25, 0.3) is 0 Å². The van der Waals surface area contributed by atoms with Gasteiger partial charge in [-0.05, 0) is 30.7 Å². The molecule has 0 amide bonds. The number of esters is 1. The molecule has 6 nitrogen and oxygen atoms in total. The largest absolute Gasteiger partial charge is 0.461 e. The molecule has 0 atom stereocenters. The van der Waals surface area contributed by atoms with E-state index in [2.05, 4.69) is 4.98 Å². The first-order chi connectivity index (χ1) is 14.2. The molecule has 0 saturated heterocycles. The number of benzene rings is 2. The first-order valence-electron chi connectivity index (χ1n) is 9.62. The van der Waals surface area contributed by atoms with Crippen LogP contribution in [0.15, 0.2) is 63.8 Å². The Morgan fingerprint density at radius 2 is 1.90 bits per heavy atom. The maximum absolute atomic E-state index is 13.0. The quantitative estimate of drug-likeness (QED) is 0.194. The molecule has 144 valence electrons. The maximum atomic E-state index is 13.0. The van der Waals surface area contributed by atoms with Gasteiger partial charge in [0, 0.05) is 10.8 Å². The minimum atomic E-state index is -0.482. The predicted octanol–water partition coefficient (Wildman–Crippen LogP) is 4.70. The summed E-state index contributed by atoms with van der Waals surface area (Å²) in [5.41, 5.74) is 2.15. The Labute approximate surface area is 165 Å². The van der Waals surface area contributed by atoms with Crippen molar-refractivity contribution in [3.8, 4) is 0 Å². The number of rotatable bonds is 4. The Morgan fingerprint density at radius 1 is 1.10 bits per heavy atom. The lowest BCUT2D eigenvalue weighted by Crippen LogP contribution is -2.13. The molecule has 0 spiro atoms. The summed E-state index contributed by atoms with van der Waals surface area (Å²) in [6.07, 6.45) is 1.72. The summed E-state index contributed by atoms with van der Waals surface area (Å²) in [5, 5.41) is 1.73. The first-order valence-corrected chi connectivity index (χ1v) is 9.62. The molecule has 2 aromatic carbocycles. The van der Waals surface area contributed by atoms with Gasteiger partial charge in [-0.2, -0.15) is 0 Å². The van der Waals surface area contributed by atoms with Crippen LogP contribution in [0.5, 0.6) is 0 Å². The molecule has 0 unspecified atom stereocenters. The number of pyridine rings is 1. The zero-order valence-electron chi connectivity index (χ0n) is 15.8. The van der Waals surface area contributed by atoms with E-state index in [0.29, 0.717) is 39.8 Å². The van der Waals surface area contributed by atoms with Gasteiger partial charge in [0.2, 0.25) is 0 Å². The lowest BCUT2D eigenvalue weighted by Gasteiger charge is -2.10. The summed E-state index contributed by atoms with van der Waals surface area (Å²) in [5.74, 6) is -0.439. The van der Waals surface area contributed by atoms with Crippen molar-refractivity contribution in [2.45, 2.75) is 19.8 Å². The molecule has 3 heterocycles. The molecular weight excluding hydrogens is 368 g/mol. The van der Waals surface area contributed by atoms with Crippen molar-refractivity contribution < 1.29 is 13.9 Å². The molecule has 3 aromatic heterocycles. The molecule has 0 aliphatic rings. The Morgan fingerprint density at radius 3 is 2.76 bits per heavy atom. The van der Waals surface area contributed by atoms with Crippen LogP contribution in [0.2, 0.25) is 0 Å². The van der Waals surface area contributed by atoms with Crippen molar-refractivity contribution in [3.05, 3.63) is 70.7 Å². The Balaban J connectivity index is 1.93. The molecule has 0 saturated carbocycles. The molecule has 29 heavy (non-hydrogen) atoms. The Kier molecular flexibility index (Phi) is 4.05. The summed E-state index contributed by atoms with van der Waals surface area (Å²) in [4.78, 5) is 30.5. The average Bonchev–Trinajstić information content (AvgIpc) is 3.12. The number of carbonyl (C=O) groups excluding carboxylic acids is 1. The second kappa shape index (κ2) is 6.74.